The maximum Gasteiger partial charge on any atom is 0.261 e. The largest absolute Gasteiger partial charge is 0.368 e. The van der Waals surface area contributed by atoms with Crippen LogP contribution in [0.3, 0.4) is 0 Å². The summed E-state index contributed by atoms with van der Waals surface area (Å²) in [6, 6.07) is 29.7. The number of anilines is 5. The van der Waals surface area contributed by atoms with Crippen molar-refractivity contribution in [1.29, 1.82) is 0 Å². The lowest BCUT2D eigenvalue weighted by molar-refractivity contribution is 0.0738. The Balaban J connectivity index is 1.05. The number of halogens is 2. The molecule has 2 aliphatic heterocycles. The maximum absolute atomic E-state index is 14.7. The SMILES string of the molecule is CCCCc1ccc(NS(=O)(=O)c2ccc(C)c(C(=O)N3CCN(c4c(Cl)ccc(-c5cc(S(=O)(=O)Nc6ccc(CCCC)cc6)cc(C(=O)N6CCN(c7ccnc(N(C)C)c7)CC6)c5C)c4Cl)CC3)c2)cc1. The topological polar surface area (TPSA) is 156 Å². The summed E-state index contributed by atoms with van der Waals surface area (Å²) in [5.74, 6) is 0.217. The molecule has 0 atom stereocenters. The van der Waals surface area contributed by atoms with E-state index in [1.54, 1.807) is 78.4 Å². The lowest BCUT2D eigenvalue weighted by atomic mass is 9.94. The standard InChI is InChI=1S/C57H66Cl2N8O6S2/c1-7-9-11-41-14-18-43(19-15-41)61-74(70,71)46-22-13-39(3)49(36-46)56(68)66-33-29-65(30-34-66)55-52(58)24-23-48(54(55)59)50-37-47(75(72,73)62-44-20-16-42(17-21-44)12-10-8-2)38-51(40(50)4)57(69)67-31-27-64(28-32-67)45-25-26-60-53(35-45)63(5)6/h13-26,35-38,61-62H,7-12,27-34H2,1-6H3. The van der Waals surface area contributed by atoms with Crippen molar-refractivity contribution in [3.8, 4) is 11.1 Å². The van der Waals surface area contributed by atoms with Gasteiger partial charge in [0, 0.05) is 112 Å². The number of unbranched alkanes of at least 4 members (excludes halogenated alkanes) is 2. The molecular formula is C57H66Cl2N8O6S2. The number of nitrogens with one attached hydrogen (secondary N) is 2. The zero-order chi connectivity index (χ0) is 53.6. The first-order valence-corrected chi connectivity index (χ1v) is 29.3. The van der Waals surface area contributed by atoms with Crippen LogP contribution in [0.25, 0.3) is 11.1 Å². The van der Waals surface area contributed by atoms with E-state index in [4.69, 9.17) is 23.2 Å². The van der Waals surface area contributed by atoms with E-state index in [0.717, 1.165) is 61.2 Å². The van der Waals surface area contributed by atoms with Crippen molar-refractivity contribution in [3.05, 3.63) is 153 Å². The number of hydrogen-bond donors (Lipinski definition) is 2. The average molecular weight is 1090 g/mol. The molecule has 1 aromatic heterocycles. The molecule has 2 saturated heterocycles. The van der Waals surface area contributed by atoms with Gasteiger partial charge in [-0.2, -0.15) is 0 Å². The summed E-state index contributed by atoms with van der Waals surface area (Å²) in [6.07, 6.45) is 7.76. The van der Waals surface area contributed by atoms with Crippen molar-refractivity contribution < 1.29 is 26.4 Å². The monoisotopic (exact) mass is 1090 g/mol. The molecule has 6 aromatic rings. The van der Waals surface area contributed by atoms with Crippen molar-refractivity contribution >= 4 is 83.6 Å². The second-order valence-electron chi connectivity index (χ2n) is 19.5. The second-order valence-corrected chi connectivity index (χ2v) is 23.7. The highest BCUT2D eigenvalue weighted by atomic mass is 35.5. The average Bonchev–Trinajstić information content (AvgIpc) is 3.41. The molecule has 14 nitrogen and oxygen atoms in total. The van der Waals surface area contributed by atoms with E-state index in [9.17, 15) is 26.4 Å². The molecule has 0 bridgehead atoms. The van der Waals surface area contributed by atoms with Gasteiger partial charge in [-0.1, -0.05) is 86.3 Å². The molecule has 8 rings (SSSR count). The van der Waals surface area contributed by atoms with E-state index in [1.165, 1.54) is 18.2 Å². The predicted octanol–water partition coefficient (Wildman–Crippen LogP) is 10.9. The minimum Gasteiger partial charge on any atom is -0.368 e. The normalized spacial score (nSPS) is 14.2. The van der Waals surface area contributed by atoms with Crippen molar-refractivity contribution in [2.75, 3.05) is 90.6 Å². The first-order chi connectivity index (χ1) is 35.9. The van der Waals surface area contributed by atoms with Crippen LogP contribution in [0.15, 0.2) is 119 Å². The highest BCUT2D eigenvalue weighted by Gasteiger charge is 2.31. The molecule has 0 unspecified atom stereocenters. The Morgan fingerprint density at radius 1 is 0.600 bits per heavy atom. The fourth-order valence-electron chi connectivity index (χ4n) is 9.54. The van der Waals surface area contributed by atoms with Gasteiger partial charge in [0.2, 0.25) is 0 Å². The number of carbonyl (C=O) groups excluding carboxylic acids is 2. The van der Waals surface area contributed by atoms with Crippen molar-refractivity contribution in [1.82, 2.24) is 14.8 Å². The van der Waals surface area contributed by atoms with Crippen molar-refractivity contribution in [2.24, 2.45) is 0 Å². The highest BCUT2D eigenvalue weighted by molar-refractivity contribution is 7.93. The van der Waals surface area contributed by atoms with Gasteiger partial charge in [0.25, 0.3) is 31.9 Å². The molecule has 5 aromatic carbocycles. The van der Waals surface area contributed by atoms with Gasteiger partial charge < -0.3 is 24.5 Å². The summed E-state index contributed by atoms with van der Waals surface area (Å²) in [5.41, 5.74) is 7.19. The van der Waals surface area contributed by atoms with E-state index in [2.05, 4.69) is 33.2 Å². The summed E-state index contributed by atoms with van der Waals surface area (Å²) in [7, 11) is -4.38. The van der Waals surface area contributed by atoms with E-state index < -0.39 is 20.0 Å². The Morgan fingerprint density at radius 3 is 1.67 bits per heavy atom. The van der Waals surface area contributed by atoms with Crippen LogP contribution < -0.4 is 24.1 Å². The van der Waals surface area contributed by atoms with Crippen molar-refractivity contribution in [2.45, 2.75) is 76.0 Å². The zero-order valence-electron chi connectivity index (χ0n) is 43.5. The van der Waals surface area contributed by atoms with E-state index in [-0.39, 0.29) is 50.8 Å². The fraction of sp³-hybridized carbons (Fsp3) is 0.351. The maximum atomic E-state index is 14.7. The number of carbonyl (C=O) groups is 2. The number of hydrogen-bond acceptors (Lipinski definition) is 10. The molecule has 18 heteroatoms. The molecule has 2 aliphatic rings. The Hall–Kier alpha value is -6.33. The number of sulfonamides is 2. The Labute approximate surface area is 452 Å². The first kappa shape index (κ1) is 54.9. The fourth-order valence-corrected chi connectivity index (χ4v) is 12.4. The molecule has 0 radical (unpaired) electrons. The molecule has 2 amide bonds. The summed E-state index contributed by atoms with van der Waals surface area (Å²) in [4.78, 5) is 42.8. The molecule has 75 heavy (non-hydrogen) atoms. The number of benzene rings is 5. The van der Waals surface area contributed by atoms with E-state index >= 15 is 0 Å². The summed E-state index contributed by atoms with van der Waals surface area (Å²) < 4.78 is 61.5. The van der Waals surface area contributed by atoms with Crippen LogP contribution in [0.2, 0.25) is 10.0 Å². The number of pyridine rings is 1. The molecule has 2 fully saturated rings. The van der Waals surface area contributed by atoms with Crippen LogP contribution in [0.1, 0.15) is 82.5 Å². The smallest absolute Gasteiger partial charge is 0.261 e. The number of aromatic nitrogens is 1. The summed E-state index contributed by atoms with van der Waals surface area (Å²) >= 11 is 14.4. The van der Waals surface area contributed by atoms with Crippen molar-refractivity contribution in [3.63, 3.8) is 0 Å². The van der Waals surface area contributed by atoms with Crippen LogP contribution in [-0.4, -0.2) is 110 Å². The third-order valence-corrected chi connectivity index (χ3v) is 17.5. The van der Waals surface area contributed by atoms with Crippen LogP contribution in [0.4, 0.5) is 28.6 Å². The third kappa shape index (κ3) is 12.7. The van der Waals surface area contributed by atoms with Gasteiger partial charge in [-0.25, -0.2) is 21.8 Å². The summed E-state index contributed by atoms with van der Waals surface area (Å²) in [5, 5.41) is 0.612. The molecule has 2 N–H and O–H groups in total. The third-order valence-electron chi connectivity index (χ3n) is 14.1. The molecule has 3 heterocycles. The van der Waals surface area contributed by atoms with E-state index in [1.807, 2.05) is 60.3 Å². The lowest BCUT2D eigenvalue weighted by Crippen LogP contribution is -2.49. The van der Waals surface area contributed by atoms with Gasteiger partial charge >= 0.3 is 0 Å². The molecular weight excluding hydrogens is 1030 g/mol. The highest BCUT2D eigenvalue weighted by Crippen LogP contribution is 2.44. The van der Waals surface area contributed by atoms with Crippen LogP contribution in [-0.2, 0) is 32.9 Å². The number of amides is 2. The van der Waals surface area contributed by atoms with Gasteiger partial charge in [0.05, 0.1) is 25.5 Å². The van der Waals surface area contributed by atoms with Crippen LogP contribution >= 0.6 is 23.2 Å². The molecule has 0 spiro atoms. The van der Waals surface area contributed by atoms with Gasteiger partial charge in [0.1, 0.15) is 5.82 Å². The molecule has 0 saturated carbocycles. The molecule has 396 valence electrons. The number of rotatable bonds is 18. The van der Waals surface area contributed by atoms with Crippen LogP contribution in [0, 0.1) is 13.8 Å². The minimum atomic E-state index is -4.25. The number of piperazine rings is 2. The predicted molar refractivity (Wildman–Crippen MR) is 304 cm³/mol. The Morgan fingerprint density at radius 2 is 1.12 bits per heavy atom. The lowest BCUT2D eigenvalue weighted by Gasteiger charge is -2.37. The number of aryl methyl sites for hydroxylation is 3. The van der Waals surface area contributed by atoms with E-state index in [0.29, 0.717) is 83.6 Å². The van der Waals surface area contributed by atoms with Gasteiger partial charge in [0.15, 0.2) is 0 Å². The van der Waals surface area contributed by atoms with Gasteiger partial charge in [-0.05, 0) is 128 Å². The number of nitrogens with zero attached hydrogens (tertiary/aromatic N) is 6. The Kier molecular flexibility index (Phi) is 17.3. The van der Waals surface area contributed by atoms with Crippen LogP contribution in [0.5, 0.6) is 0 Å². The first-order valence-electron chi connectivity index (χ1n) is 25.6. The minimum absolute atomic E-state index is 0.0211. The Bertz CT molecular complexity index is 3270. The quantitative estimate of drug-likeness (QED) is 0.0850. The second kappa shape index (κ2) is 23.7. The zero-order valence-corrected chi connectivity index (χ0v) is 46.6. The molecule has 0 aliphatic carbocycles. The van der Waals surface area contributed by atoms with Gasteiger partial charge in [-0.15, -0.1) is 0 Å². The summed E-state index contributed by atoms with van der Waals surface area (Å²) in [6.45, 7) is 11.0. The van der Waals surface area contributed by atoms with Gasteiger partial charge in [-0.3, -0.25) is 19.0 Å².